The normalized spacial score (nSPS) is 12.1. The number of amides is 1. The number of benzene rings is 1. The number of aromatic nitrogens is 5. The van der Waals surface area contributed by atoms with E-state index in [1.807, 2.05) is 48.9 Å². The molecular formula is C16H18N6OS. The van der Waals surface area contributed by atoms with Crippen LogP contribution >= 0.6 is 11.8 Å². The van der Waals surface area contributed by atoms with Gasteiger partial charge in [0.15, 0.2) is 5.16 Å². The van der Waals surface area contributed by atoms with Crippen molar-refractivity contribution in [2.45, 2.75) is 25.0 Å². The van der Waals surface area contributed by atoms with Gasteiger partial charge in [0, 0.05) is 11.3 Å². The summed E-state index contributed by atoms with van der Waals surface area (Å²) in [6.07, 6.45) is 3.22. The highest BCUT2D eigenvalue weighted by Crippen LogP contribution is 2.20. The second-order valence-electron chi connectivity index (χ2n) is 5.30. The van der Waals surface area contributed by atoms with Crippen LogP contribution in [-0.4, -0.2) is 36.6 Å². The number of para-hydroxylation sites is 1. The molecule has 0 fully saturated rings. The van der Waals surface area contributed by atoms with Crippen LogP contribution in [0.1, 0.15) is 24.2 Å². The van der Waals surface area contributed by atoms with Crippen molar-refractivity contribution < 1.29 is 4.79 Å². The zero-order chi connectivity index (χ0) is 16.9. The molecule has 124 valence electrons. The fourth-order valence-corrected chi connectivity index (χ4v) is 3.03. The van der Waals surface area contributed by atoms with E-state index in [0.29, 0.717) is 5.16 Å². The summed E-state index contributed by atoms with van der Waals surface area (Å²) in [5, 5.41) is 14.5. The number of rotatable bonds is 6. The van der Waals surface area contributed by atoms with Crippen LogP contribution in [0.4, 0.5) is 0 Å². The molecule has 7 nitrogen and oxygen atoms in total. The first-order valence-corrected chi connectivity index (χ1v) is 8.51. The first kappa shape index (κ1) is 16.3. The molecule has 1 amide bonds. The summed E-state index contributed by atoms with van der Waals surface area (Å²) in [5.74, 6) is 0.224. The molecule has 0 unspecified atom stereocenters. The average Bonchev–Trinajstić information content (AvgIpc) is 3.23. The maximum absolute atomic E-state index is 12.1. The average molecular weight is 342 g/mol. The minimum absolute atomic E-state index is 0.0595. The van der Waals surface area contributed by atoms with Gasteiger partial charge in [0.1, 0.15) is 6.33 Å². The van der Waals surface area contributed by atoms with E-state index < -0.39 is 0 Å². The smallest absolute Gasteiger partial charge is 0.230 e. The standard InChI is InChI=1S/C16H18N6OS/c1-11(20-15(23)9-24-16-17-10-18-21-16)14-8-19-22(12(14)2)13-6-4-3-5-7-13/h3-8,10-11H,9H2,1-2H3,(H,20,23)(H,17,18,21)/t11-/m1/s1. The molecule has 2 heterocycles. The number of hydrogen-bond acceptors (Lipinski definition) is 5. The lowest BCUT2D eigenvalue weighted by atomic mass is 10.1. The summed E-state index contributed by atoms with van der Waals surface area (Å²) < 4.78 is 1.88. The lowest BCUT2D eigenvalue weighted by Crippen LogP contribution is -2.28. The Labute approximate surface area is 143 Å². The molecule has 3 aromatic rings. The molecule has 0 aliphatic carbocycles. The zero-order valence-corrected chi connectivity index (χ0v) is 14.2. The van der Waals surface area contributed by atoms with Gasteiger partial charge in [0.25, 0.3) is 0 Å². The number of aromatic amines is 1. The molecule has 2 aromatic heterocycles. The van der Waals surface area contributed by atoms with Crippen molar-refractivity contribution >= 4 is 17.7 Å². The molecule has 2 N–H and O–H groups in total. The number of carbonyl (C=O) groups excluding carboxylic acids is 1. The molecule has 24 heavy (non-hydrogen) atoms. The van der Waals surface area contributed by atoms with Crippen LogP contribution in [0.15, 0.2) is 48.0 Å². The number of H-pyrrole nitrogens is 1. The predicted octanol–water partition coefficient (Wildman–Crippen LogP) is 2.27. The fourth-order valence-electron chi connectivity index (χ4n) is 2.44. The van der Waals surface area contributed by atoms with Crippen LogP contribution < -0.4 is 5.32 Å². The minimum Gasteiger partial charge on any atom is -0.349 e. The lowest BCUT2D eigenvalue weighted by molar-refractivity contribution is -0.119. The molecule has 0 saturated carbocycles. The van der Waals surface area contributed by atoms with Crippen LogP contribution in [0.2, 0.25) is 0 Å². The summed E-state index contributed by atoms with van der Waals surface area (Å²) >= 11 is 1.32. The van der Waals surface area contributed by atoms with Gasteiger partial charge in [-0.1, -0.05) is 30.0 Å². The van der Waals surface area contributed by atoms with Crippen LogP contribution in [0, 0.1) is 6.92 Å². The van der Waals surface area contributed by atoms with Crippen molar-refractivity contribution in [3.05, 3.63) is 54.1 Å². The number of hydrogen-bond donors (Lipinski definition) is 2. The largest absolute Gasteiger partial charge is 0.349 e. The van der Waals surface area contributed by atoms with E-state index in [1.165, 1.54) is 18.1 Å². The lowest BCUT2D eigenvalue weighted by Gasteiger charge is -2.14. The summed E-state index contributed by atoms with van der Waals surface area (Å²) in [7, 11) is 0. The number of carbonyl (C=O) groups is 1. The first-order chi connectivity index (χ1) is 11.6. The number of nitrogens with one attached hydrogen (secondary N) is 2. The third kappa shape index (κ3) is 3.65. The van der Waals surface area contributed by atoms with Gasteiger partial charge in [-0.05, 0) is 26.0 Å². The maximum atomic E-state index is 12.1. The summed E-state index contributed by atoms with van der Waals surface area (Å²) in [4.78, 5) is 16.1. The topological polar surface area (TPSA) is 88.5 Å². The Balaban J connectivity index is 1.64. The fraction of sp³-hybridized carbons (Fsp3) is 0.250. The highest BCUT2D eigenvalue weighted by molar-refractivity contribution is 7.99. The van der Waals surface area contributed by atoms with E-state index in [-0.39, 0.29) is 17.7 Å². The quantitative estimate of drug-likeness (QED) is 0.671. The SMILES string of the molecule is Cc1c([C@@H](C)NC(=O)CSc2ncn[nH]2)cnn1-c1ccccc1. The van der Waals surface area contributed by atoms with Crippen molar-refractivity contribution in [2.24, 2.45) is 0 Å². The Morgan fingerprint density at radius 2 is 2.17 bits per heavy atom. The van der Waals surface area contributed by atoms with Gasteiger partial charge in [0.05, 0.1) is 23.7 Å². The zero-order valence-electron chi connectivity index (χ0n) is 13.4. The highest BCUT2D eigenvalue weighted by Gasteiger charge is 2.16. The van der Waals surface area contributed by atoms with Crippen LogP contribution in [0.25, 0.3) is 5.69 Å². The van der Waals surface area contributed by atoms with Crippen molar-refractivity contribution in [3.63, 3.8) is 0 Å². The van der Waals surface area contributed by atoms with Gasteiger partial charge in [-0.25, -0.2) is 9.67 Å². The molecule has 8 heteroatoms. The molecule has 0 radical (unpaired) electrons. The van der Waals surface area contributed by atoms with Crippen molar-refractivity contribution in [3.8, 4) is 5.69 Å². The van der Waals surface area contributed by atoms with Crippen molar-refractivity contribution in [1.82, 2.24) is 30.3 Å². The molecule has 3 rings (SSSR count). The monoisotopic (exact) mass is 342 g/mol. The predicted molar refractivity (Wildman–Crippen MR) is 92.0 cm³/mol. The second-order valence-corrected chi connectivity index (χ2v) is 6.27. The summed E-state index contributed by atoms with van der Waals surface area (Å²) in [6.45, 7) is 3.96. The Bertz CT molecular complexity index is 799. The van der Waals surface area contributed by atoms with E-state index in [2.05, 4.69) is 25.6 Å². The van der Waals surface area contributed by atoms with E-state index in [1.54, 1.807) is 6.20 Å². The van der Waals surface area contributed by atoms with Gasteiger partial charge in [0.2, 0.25) is 5.91 Å². The maximum Gasteiger partial charge on any atom is 0.230 e. The van der Waals surface area contributed by atoms with Crippen LogP contribution in [0.3, 0.4) is 0 Å². The van der Waals surface area contributed by atoms with E-state index >= 15 is 0 Å². The molecule has 0 saturated heterocycles. The molecule has 0 aliphatic heterocycles. The molecular weight excluding hydrogens is 324 g/mol. The van der Waals surface area contributed by atoms with Gasteiger partial charge in [-0.15, -0.1) is 0 Å². The van der Waals surface area contributed by atoms with Gasteiger partial charge in [-0.3, -0.25) is 9.89 Å². The summed E-state index contributed by atoms with van der Waals surface area (Å²) in [5.41, 5.74) is 3.01. The van der Waals surface area contributed by atoms with Gasteiger partial charge in [-0.2, -0.15) is 10.2 Å². The Hall–Kier alpha value is -2.61. The first-order valence-electron chi connectivity index (χ1n) is 7.52. The van der Waals surface area contributed by atoms with E-state index in [0.717, 1.165) is 16.9 Å². The summed E-state index contributed by atoms with van der Waals surface area (Å²) in [6, 6.07) is 9.80. The third-order valence-electron chi connectivity index (χ3n) is 3.63. The molecule has 0 aliphatic rings. The Kier molecular flexibility index (Phi) is 4.95. The van der Waals surface area contributed by atoms with Crippen LogP contribution in [-0.2, 0) is 4.79 Å². The van der Waals surface area contributed by atoms with Gasteiger partial charge >= 0.3 is 0 Å². The molecule has 0 spiro atoms. The second kappa shape index (κ2) is 7.31. The van der Waals surface area contributed by atoms with E-state index in [9.17, 15) is 4.79 Å². The van der Waals surface area contributed by atoms with Crippen molar-refractivity contribution in [2.75, 3.05) is 5.75 Å². The Morgan fingerprint density at radius 1 is 1.38 bits per heavy atom. The highest BCUT2D eigenvalue weighted by atomic mass is 32.2. The third-order valence-corrected chi connectivity index (χ3v) is 4.50. The molecule has 1 atom stereocenters. The number of thioether (sulfide) groups is 1. The van der Waals surface area contributed by atoms with Gasteiger partial charge < -0.3 is 5.32 Å². The Morgan fingerprint density at radius 3 is 2.88 bits per heavy atom. The molecule has 1 aromatic carbocycles. The minimum atomic E-state index is -0.120. The van der Waals surface area contributed by atoms with Crippen molar-refractivity contribution in [1.29, 1.82) is 0 Å². The van der Waals surface area contributed by atoms with E-state index in [4.69, 9.17) is 0 Å². The molecule has 0 bridgehead atoms. The number of nitrogens with zero attached hydrogens (tertiary/aromatic N) is 4. The van der Waals surface area contributed by atoms with Crippen LogP contribution in [0.5, 0.6) is 0 Å².